The zero-order valence-electron chi connectivity index (χ0n) is 17.9. The van der Waals surface area contributed by atoms with Crippen molar-refractivity contribution in [3.05, 3.63) is 60.2 Å². The fourth-order valence-electron chi connectivity index (χ4n) is 4.65. The zero-order chi connectivity index (χ0) is 21.8. The van der Waals surface area contributed by atoms with E-state index in [-0.39, 0.29) is 22.8 Å². The van der Waals surface area contributed by atoms with Gasteiger partial charge in [0.05, 0.1) is 17.5 Å². The molecular weight excluding hydrogens is 412 g/mol. The molecule has 7 heteroatoms. The molecule has 2 aliphatic heterocycles. The fourth-order valence-corrected chi connectivity index (χ4v) is 6.12. The first-order chi connectivity index (χ1) is 15.0. The van der Waals surface area contributed by atoms with Gasteiger partial charge in [-0.1, -0.05) is 30.3 Å². The third-order valence-corrected chi connectivity index (χ3v) is 8.21. The van der Waals surface area contributed by atoms with Gasteiger partial charge < -0.3 is 9.64 Å². The summed E-state index contributed by atoms with van der Waals surface area (Å²) in [5, 5.41) is 0. The number of rotatable bonds is 6. The highest BCUT2D eigenvalue weighted by atomic mass is 32.2. The molecular formula is C24H30N2O4S. The Hall–Kier alpha value is -2.38. The molecule has 2 fully saturated rings. The van der Waals surface area contributed by atoms with E-state index in [9.17, 15) is 13.2 Å². The largest absolute Gasteiger partial charge is 0.494 e. The summed E-state index contributed by atoms with van der Waals surface area (Å²) in [5.74, 6) is 0.713. The van der Waals surface area contributed by atoms with Crippen molar-refractivity contribution in [2.45, 2.75) is 43.5 Å². The van der Waals surface area contributed by atoms with Crippen molar-refractivity contribution >= 4 is 15.9 Å². The van der Waals surface area contributed by atoms with E-state index in [0.717, 1.165) is 19.4 Å². The molecule has 0 aliphatic carbocycles. The quantitative estimate of drug-likeness (QED) is 0.682. The monoisotopic (exact) mass is 442 g/mol. The lowest BCUT2D eigenvalue weighted by Gasteiger charge is -2.34. The maximum absolute atomic E-state index is 13.3. The number of hydrogen-bond donors (Lipinski definition) is 0. The van der Waals surface area contributed by atoms with Crippen molar-refractivity contribution in [3.8, 4) is 5.75 Å². The molecule has 0 radical (unpaired) electrons. The SMILES string of the molecule is CCOc1ccc(S(=O)(=O)N2CCC(C(=O)N3CCCC3c3ccccc3)CC2)cc1. The molecule has 0 spiro atoms. The molecule has 1 unspecified atom stereocenters. The Morgan fingerprint density at radius 3 is 2.29 bits per heavy atom. The van der Waals surface area contributed by atoms with Gasteiger partial charge in [-0.2, -0.15) is 4.31 Å². The van der Waals surface area contributed by atoms with Crippen LogP contribution in [0.5, 0.6) is 5.75 Å². The maximum Gasteiger partial charge on any atom is 0.243 e. The van der Waals surface area contributed by atoms with Gasteiger partial charge in [0.25, 0.3) is 0 Å². The van der Waals surface area contributed by atoms with E-state index in [1.54, 1.807) is 24.3 Å². The Kier molecular flexibility index (Phi) is 6.62. The van der Waals surface area contributed by atoms with Crippen LogP contribution in [0.2, 0.25) is 0 Å². The summed E-state index contributed by atoms with van der Waals surface area (Å²) in [5.41, 5.74) is 1.18. The number of carbonyl (C=O) groups is 1. The van der Waals surface area contributed by atoms with Gasteiger partial charge in [-0.05, 0) is 62.4 Å². The van der Waals surface area contributed by atoms with Crippen molar-refractivity contribution in [3.63, 3.8) is 0 Å². The van der Waals surface area contributed by atoms with Gasteiger partial charge in [-0.15, -0.1) is 0 Å². The molecule has 0 aromatic heterocycles. The van der Waals surface area contributed by atoms with E-state index in [2.05, 4.69) is 12.1 Å². The smallest absolute Gasteiger partial charge is 0.243 e. The van der Waals surface area contributed by atoms with Gasteiger partial charge in [-0.25, -0.2) is 8.42 Å². The molecule has 1 atom stereocenters. The van der Waals surface area contributed by atoms with Crippen LogP contribution in [-0.2, 0) is 14.8 Å². The van der Waals surface area contributed by atoms with E-state index in [0.29, 0.717) is 38.3 Å². The van der Waals surface area contributed by atoms with Crippen LogP contribution in [-0.4, -0.2) is 49.8 Å². The summed E-state index contributed by atoms with van der Waals surface area (Å²) in [6.07, 6.45) is 3.12. The Labute approximate surface area is 184 Å². The normalized spacial score (nSPS) is 20.7. The van der Waals surface area contributed by atoms with Gasteiger partial charge in [-0.3, -0.25) is 4.79 Å². The van der Waals surface area contributed by atoms with E-state index >= 15 is 0 Å². The average Bonchev–Trinajstić information content (AvgIpc) is 3.30. The molecule has 4 rings (SSSR count). The predicted molar refractivity (Wildman–Crippen MR) is 119 cm³/mol. The van der Waals surface area contributed by atoms with Crippen LogP contribution < -0.4 is 4.74 Å². The molecule has 2 aliphatic rings. The minimum atomic E-state index is -3.56. The average molecular weight is 443 g/mol. The number of sulfonamides is 1. The number of hydrogen-bond acceptors (Lipinski definition) is 4. The highest BCUT2D eigenvalue weighted by Crippen LogP contribution is 2.35. The lowest BCUT2D eigenvalue weighted by Crippen LogP contribution is -2.44. The molecule has 0 saturated carbocycles. The minimum Gasteiger partial charge on any atom is -0.494 e. The third kappa shape index (κ3) is 4.62. The Bertz CT molecular complexity index is 984. The Morgan fingerprint density at radius 1 is 0.968 bits per heavy atom. The highest BCUT2D eigenvalue weighted by Gasteiger charge is 2.37. The van der Waals surface area contributed by atoms with Crippen molar-refractivity contribution in [2.75, 3.05) is 26.2 Å². The van der Waals surface area contributed by atoms with Crippen molar-refractivity contribution < 1.29 is 17.9 Å². The summed E-state index contributed by atoms with van der Waals surface area (Å²) in [7, 11) is -3.56. The van der Waals surface area contributed by atoms with Crippen LogP contribution >= 0.6 is 0 Å². The van der Waals surface area contributed by atoms with Crippen LogP contribution in [0.3, 0.4) is 0 Å². The standard InChI is InChI=1S/C24H30N2O4S/c1-2-30-21-10-12-22(13-11-21)31(28,29)25-17-14-20(15-18-25)24(27)26-16-6-9-23(26)19-7-4-3-5-8-19/h3-5,7-8,10-13,20,23H,2,6,9,14-18H2,1H3. The molecule has 31 heavy (non-hydrogen) atoms. The van der Waals surface area contributed by atoms with Crippen LogP contribution in [0, 0.1) is 5.92 Å². The first kappa shape index (κ1) is 21.8. The van der Waals surface area contributed by atoms with E-state index in [1.807, 2.05) is 30.0 Å². The first-order valence-corrected chi connectivity index (χ1v) is 12.5. The van der Waals surface area contributed by atoms with Crippen molar-refractivity contribution in [1.82, 2.24) is 9.21 Å². The summed E-state index contributed by atoms with van der Waals surface area (Å²) in [6, 6.07) is 16.9. The lowest BCUT2D eigenvalue weighted by molar-refractivity contribution is -0.137. The second-order valence-corrected chi connectivity index (χ2v) is 10.1. The molecule has 2 saturated heterocycles. The summed E-state index contributed by atoms with van der Waals surface area (Å²) in [6.45, 7) is 3.95. The van der Waals surface area contributed by atoms with E-state index in [4.69, 9.17) is 4.74 Å². The third-order valence-electron chi connectivity index (χ3n) is 6.30. The number of benzene rings is 2. The number of likely N-dealkylation sites (tertiary alicyclic amines) is 1. The number of ether oxygens (including phenoxy) is 1. The zero-order valence-corrected chi connectivity index (χ0v) is 18.8. The van der Waals surface area contributed by atoms with Gasteiger partial charge >= 0.3 is 0 Å². The number of piperidine rings is 1. The summed E-state index contributed by atoms with van der Waals surface area (Å²) >= 11 is 0. The van der Waals surface area contributed by atoms with E-state index < -0.39 is 10.0 Å². The Balaban J connectivity index is 1.39. The van der Waals surface area contributed by atoms with Gasteiger partial charge in [0.1, 0.15) is 5.75 Å². The lowest BCUT2D eigenvalue weighted by atomic mass is 9.95. The molecule has 6 nitrogen and oxygen atoms in total. The predicted octanol–water partition coefficient (Wildman–Crippen LogP) is 3.85. The number of nitrogens with zero attached hydrogens (tertiary/aromatic N) is 2. The molecule has 166 valence electrons. The maximum atomic E-state index is 13.3. The number of amides is 1. The molecule has 2 heterocycles. The fraction of sp³-hybridized carbons (Fsp3) is 0.458. The second kappa shape index (κ2) is 9.40. The van der Waals surface area contributed by atoms with Gasteiger partial charge in [0, 0.05) is 25.6 Å². The van der Waals surface area contributed by atoms with Crippen LogP contribution in [0.1, 0.15) is 44.2 Å². The molecule has 2 aromatic rings. The summed E-state index contributed by atoms with van der Waals surface area (Å²) < 4.78 is 32.9. The summed E-state index contributed by atoms with van der Waals surface area (Å²) in [4.78, 5) is 15.5. The molecule has 0 N–H and O–H groups in total. The topological polar surface area (TPSA) is 66.9 Å². The molecule has 2 aromatic carbocycles. The van der Waals surface area contributed by atoms with Gasteiger partial charge in [0.2, 0.25) is 15.9 Å². The van der Waals surface area contributed by atoms with Crippen molar-refractivity contribution in [2.24, 2.45) is 5.92 Å². The van der Waals surface area contributed by atoms with Crippen LogP contribution in [0.25, 0.3) is 0 Å². The van der Waals surface area contributed by atoms with E-state index in [1.165, 1.54) is 9.87 Å². The molecule has 0 bridgehead atoms. The Morgan fingerprint density at radius 2 is 1.65 bits per heavy atom. The molecule has 1 amide bonds. The second-order valence-electron chi connectivity index (χ2n) is 8.18. The van der Waals surface area contributed by atoms with Crippen LogP contribution in [0.15, 0.2) is 59.5 Å². The first-order valence-electron chi connectivity index (χ1n) is 11.1. The van der Waals surface area contributed by atoms with Crippen molar-refractivity contribution in [1.29, 1.82) is 0 Å². The number of carbonyl (C=O) groups excluding carboxylic acids is 1. The van der Waals surface area contributed by atoms with Crippen LogP contribution in [0.4, 0.5) is 0 Å². The highest BCUT2D eigenvalue weighted by molar-refractivity contribution is 7.89. The van der Waals surface area contributed by atoms with Gasteiger partial charge in [0.15, 0.2) is 0 Å². The minimum absolute atomic E-state index is 0.115.